The zero-order valence-electron chi connectivity index (χ0n) is 17.0. The van der Waals surface area contributed by atoms with Crippen molar-refractivity contribution in [1.29, 1.82) is 0 Å². The minimum absolute atomic E-state index is 0.00960. The number of ether oxygens (including phenoxy) is 1. The predicted octanol–water partition coefficient (Wildman–Crippen LogP) is 3.94. The van der Waals surface area contributed by atoms with Gasteiger partial charge in [-0.15, -0.1) is 0 Å². The predicted molar refractivity (Wildman–Crippen MR) is 106 cm³/mol. The maximum absolute atomic E-state index is 12.1. The fourth-order valence-electron chi connectivity index (χ4n) is 3.46. The second-order valence-corrected chi connectivity index (χ2v) is 16.7. The molecule has 2 rings (SSSR count). The van der Waals surface area contributed by atoms with Gasteiger partial charge in [0.1, 0.15) is 6.10 Å². The molecule has 0 aromatic rings. The van der Waals surface area contributed by atoms with Crippen LogP contribution in [0.3, 0.4) is 0 Å². The molecule has 0 radical (unpaired) electrons. The summed E-state index contributed by atoms with van der Waals surface area (Å²) in [5, 5.41) is 0.230. The van der Waals surface area contributed by atoms with Crippen molar-refractivity contribution in [2.24, 2.45) is 11.8 Å². The largest absolute Gasteiger partial charge is 0.462 e. The first kappa shape index (κ1) is 21.9. The second kappa shape index (κ2) is 8.31. The summed E-state index contributed by atoms with van der Waals surface area (Å²) in [4.78, 5) is 12.1. The van der Waals surface area contributed by atoms with E-state index in [9.17, 15) is 13.2 Å². The fraction of sp³-hybridized carbons (Fsp3) is 0.947. The first-order chi connectivity index (χ1) is 11.9. The van der Waals surface area contributed by atoms with E-state index in [1.165, 1.54) is 0 Å². The van der Waals surface area contributed by atoms with Crippen molar-refractivity contribution in [1.82, 2.24) is 0 Å². The molecule has 2 fully saturated rings. The first-order valence-electron chi connectivity index (χ1n) is 9.92. The van der Waals surface area contributed by atoms with E-state index in [-0.39, 0.29) is 41.0 Å². The molecule has 0 N–H and O–H groups in total. The molecule has 0 amide bonds. The number of esters is 1. The van der Waals surface area contributed by atoms with Gasteiger partial charge in [0.25, 0.3) is 0 Å². The molecular weight excluding hydrogens is 368 g/mol. The lowest BCUT2D eigenvalue weighted by molar-refractivity contribution is -0.152. The van der Waals surface area contributed by atoms with Gasteiger partial charge in [-0.2, -0.15) is 0 Å². The van der Waals surface area contributed by atoms with E-state index in [1.54, 1.807) is 0 Å². The van der Waals surface area contributed by atoms with Crippen molar-refractivity contribution in [3.8, 4) is 0 Å². The number of hydrogen-bond acceptors (Lipinski definition) is 5. The molecule has 1 saturated carbocycles. The lowest BCUT2D eigenvalue weighted by Crippen LogP contribution is -2.42. The fourth-order valence-corrected chi connectivity index (χ4v) is 6.41. The monoisotopic (exact) mass is 404 g/mol. The third kappa shape index (κ3) is 6.34. The summed E-state index contributed by atoms with van der Waals surface area (Å²) in [5.74, 6) is 0.623. The smallest absolute Gasteiger partial charge is 0.306 e. The molecule has 0 bridgehead atoms. The zero-order valence-corrected chi connectivity index (χ0v) is 18.9. The quantitative estimate of drug-likeness (QED) is 0.495. The Balaban J connectivity index is 1.68. The number of rotatable bonds is 6. The van der Waals surface area contributed by atoms with Gasteiger partial charge in [0.2, 0.25) is 0 Å². The Morgan fingerprint density at radius 2 is 1.65 bits per heavy atom. The molecule has 2 aliphatic rings. The lowest BCUT2D eigenvalue weighted by Gasteiger charge is -2.38. The van der Waals surface area contributed by atoms with Crippen molar-refractivity contribution < 1.29 is 22.4 Å². The van der Waals surface area contributed by atoms with Gasteiger partial charge in [-0.05, 0) is 62.1 Å². The molecule has 1 saturated heterocycles. The van der Waals surface area contributed by atoms with Gasteiger partial charge in [-0.3, -0.25) is 4.79 Å². The average Bonchev–Trinajstić information content (AvgIpc) is 2.84. The highest BCUT2D eigenvalue weighted by Crippen LogP contribution is 2.38. The average molecular weight is 405 g/mol. The Morgan fingerprint density at radius 1 is 1.04 bits per heavy atom. The minimum Gasteiger partial charge on any atom is -0.462 e. The number of carbonyl (C=O) groups excluding carboxylic acids is 1. The van der Waals surface area contributed by atoms with Gasteiger partial charge in [0, 0.05) is 13.0 Å². The Hall–Kier alpha value is -0.403. The molecule has 5 nitrogen and oxygen atoms in total. The molecule has 1 heterocycles. The summed E-state index contributed by atoms with van der Waals surface area (Å²) in [5.41, 5.74) is 0. The number of sulfone groups is 1. The van der Waals surface area contributed by atoms with Crippen LogP contribution in [-0.2, 0) is 23.8 Å². The molecule has 1 aliphatic carbocycles. The van der Waals surface area contributed by atoms with Crippen LogP contribution in [0, 0.1) is 11.8 Å². The van der Waals surface area contributed by atoms with Crippen LogP contribution in [-0.4, -0.2) is 46.9 Å². The summed E-state index contributed by atoms with van der Waals surface area (Å²) in [6.07, 6.45) is 4.67. The minimum atomic E-state index is -2.93. The van der Waals surface area contributed by atoms with Crippen molar-refractivity contribution in [3.05, 3.63) is 0 Å². The third-order valence-electron chi connectivity index (χ3n) is 6.36. The lowest BCUT2D eigenvalue weighted by atomic mass is 9.88. The van der Waals surface area contributed by atoms with Gasteiger partial charge in [-0.25, -0.2) is 8.42 Å². The van der Waals surface area contributed by atoms with Crippen molar-refractivity contribution in [3.63, 3.8) is 0 Å². The number of hydrogen-bond donors (Lipinski definition) is 0. The molecule has 7 heteroatoms. The molecule has 0 unspecified atom stereocenters. The Bertz CT molecular complexity index is 586. The standard InChI is InChI=1S/C19H36O5SSi/c1-19(2,3)26(4,5)23-13-15-6-8-17(9-7-15)24-18(20)12-16-10-11-25(21,22)14-16/h15-17H,6-14H2,1-5H3/t15?,16-,17?/m1/s1. The van der Waals surface area contributed by atoms with Gasteiger partial charge in [0.15, 0.2) is 18.2 Å². The molecule has 1 atom stereocenters. The SMILES string of the molecule is CC(C)(C)[Si](C)(C)OCC1CCC(OC(=O)C[C@H]2CCS(=O)(=O)C2)CC1. The van der Waals surface area contributed by atoms with Crippen LogP contribution in [0.4, 0.5) is 0 Å². The molecule has 152 valence electrons. The van der Waals surface area contributed by atoms with Crippen LogP contribution >= 0.6 is 0 Å². The second-order valence-electron chi connectivity index (χ2n) is 9.68. The highest BCUT2D eigenvalue weighted by molar-refractivity contribution is 7.91. The van der Waals surface area contributed by atoms with E-state index in [4.69, 9.17) is 9.16 Å². The third-order valence-corrected chi connectivity index (χ3v) is 12.7. The maximum Gasteiger partial charge on any atom is 0.306 e. The van der Waals surface area contributed by atoms with Crippen LogP contribution in [0.1, 0.15) is 59.3 Å². The molecular formula is C19H36O5SSi. The summed E-state index contributed by atoms with van der Waals surface area (Å²) in [6.45, 7) is 12.1. The molecule has 0 aromatic carbocycles. The van der Waals surface area contributed by atoms with Gasteiger partial charge in [-0.1, -0.05) is 20.8 Å². The number of carbonyl (C=O) groups is 1. The van der Waals surface area contributed by atoms with Gasteiger partial charge in [0.05, 0.1) is 11.5 Å². The van der Waals surface area contributed by atoms with E-state index in [2.05, 4.69) is 33.9 Å². The summed E-state index contributed by atoms with van der Waals surface area (Å²) < 4.78 is 34.9. The van der Waals surface area contributed by atoms with E-state index in [0.717, 1.165) is 32.3 Å². The Kier molecular flexibility index (Phi) is 7.00. The van der Waals surface area contributed by atoms with Crippen LogP contribution in [0.15, 0.2) is 0 Å². The zero-order chi connectivity index (χ0) is 19.6. The van der Waals surface area contributed by atoms with Gasteiger partial charge < -0.3 is 9.16 Å². The molecule has 0 aromatic heterocycles. The molecule has 0 spiro atoms. The van der Waals surface area contributed by atoms with E-state index in [0.29, 0.717) is 12.3 Å². The Labute approximate surface area is 160 Å². The topological polar surface area (TPSA) is 69.7 Å². The van der Waals surface area contributed by atoms with Crippen LogP contribution in [0.2, 0.25) is 18.1 Å². The van der Waals surface area contributed by atoms with Crippen LogP contribution in [0.5, 0.6) is 0 Å². The van der Waals surface area contributed by atoms with E-state index in [1.807, 2.05) is 0 Å². The van der Waals surface area contributed by atoms with E-state index < -0.39 is 18.2 Å². The first-order valence-corrected chi connectivity index (χ1v) is 14.6. The summed E-state index contributed by atoms with van der Waals surface area (Å²) in [7, 11) is -4.63. The highest BCUT2D eigenvalue weighted by atomic mass is 32.2. The summed E-state index contributed by atoms with van der Waals surface area (Å²) in [6, 6.07) is 0. The van der Waals surface area contributed by atoms with Crippen molar-refractivity contribution in [2.75, 3.05) is 18.1 Å². The van der Waals surface area contributed by atoms with Crippen LogP contribution < -0.4 is 0 Å². The normalized spacial score (nSPS) is 29.5. The van der Waals surface area contributed by atoms with Gasteiger partial charge >= 0.3 is 5.97 Å². The maximum atomic E-state index is 12.1. The Morgan fingerprint density at radius 3 is 2.15 bits per heavy atom. The molecule has 26 heavy (non-hydrogen) atoms. The molecule has 1 aliphatic heterocycles. The highest BCUT2D eigenvalue weighted by Gasteiger charge is 2.38. The van der Waals surface area contributed by atoms with Crippen molar-refractivity contribution in [2.45, 2.75) is 83.5 Å². The van der Waals surface area contributed by atoms with Crippen LogP contribution in [0.25, 0.3) is 0 Å². The van der Waals surface area contributed by atoms with Crippen molar-refractivity contribution >= 4 is 24.1 Å². The van der Waals surface area contributed by atoms with E-state index >= 15 is 0 Å². The summed E-state index contributed by atoms with van der Waals surface area (Å²) >= 11 is 0.